The molecular weight excluding hydrogens is 282 g/mol. The summed E-state index contributed by atoms with van der Waals surface area (Å²) in [5.41, 5.74) is 1.17. The van der Waals surface area contributed by atoms with Gasteiger partial charge in [-0.25, -0.2) is 14.6 Å². The zero-order valence-corrected chi connectivity index (χ0v) is 13.2. The number of rotatable bonds is 10. The van der Waals surface area contributed by atoms with Gasteiger partial charge in [-0.1, -0.05) is 38.3 Å². The van der Waals surface area contributed by atoms with Gasteiger partial charge in [0, 0.05) is 0 Å². The molecule has 22 heavy (non-hydrogen) atoms. The maximum atomic E-state index is 9.54. The van der Waals surface area contributed by atoms with E-state index in [2.05, 4.69) is 11.8 Å². The number of benzene rings is 1. The van der Waals surface area contributed by atoms with E-state index in [9.17, 15) is 5.11 Å². The van der Waals surface area contributed by atoms with E-state index in [1.807, 2.05) is 0 Å². The Balaban J connectivity index is 2.45. The fourth-order valence-corrected chi connectivity index (χ4v) is 1.83. The third-order valence-electron chi connectivity index (χ3n) is 3.05. The average molecular weight is 305 g/mol. The molecule has 5 nitrogen and oxygen atoms in total. The molecule has 0 heterocycles. The van der Waals surface area contributed by atoms with Gasteiger partial charge in [0.15, 0.2) is 17.2 Å². The molecule has 0 saturated carbocycles. The Kier molecular flexibility index (Phi) is 8.73. The molecule has 0 aliphatic rings. The highest BCUT2D eigenvalue weighted by molar-refractivity contribution is 5.59. The van der Waals surface area contributed by atoms with Crippen molar-refractivity contribution in [2.45, 2.75) is 32.6 Å². The fourth-order valence-electron chi connectivity index (χ4n) is 1.83. The fraction of sp³-hybridized carbons (Fsp3) is 0.471. The number of aromatic hydroxyl groups is 1. The predicted molar refractivity (Wildman–Crippen MR) is 85.3 cm³/mol. The van der Waals surface area contributed by atoms with E-state index in [0.717, 1.165) is 18.4 Å². The highest BCUT2D eigenvalue weighted by atomic mass is 17.2. The number of phenolic OH excluding ortho intramolecular Hbond substituents is 1. The number of nitrogens with zero attached hydrogens (tertiary/aromatic N) is 1. The summed E-state index contributed by atoms with van der Waals surface area (Å²) < 4.78 is 5.03. The lowest BCUT2D eigenvalue weighted by Gasteiger charge is -2.05. The van der Waals surface area contributed by atoms with Gasteiger partial charge in [-0.15, -0.1) is 0 Å². The minimum Gasteiger partial charge on any atom is -0.504 e. The van der Waals surface area contributed by atoms with Crippen LogP contribution in [-0.4, -0.2) is 25.4 Å². The molecule has 0 atom stereocenters. The number of ether oxygens (including phenoxy) is 1. The SMILES string of the molecule is [C-]#[N+]C(=Cc1ccc(O)c(OC)c1)COOCCCCCC. The van der Waals surface area contributed by atoms with Gasteiger partial charge in [-0.2, -0.15) is 0 Å². The molecule has 1 aromatic rings. The maximum absolute atomic E-state index is 9.54. The predicted octanol–water partition coefficient (Wildman–Crippen LogP) is 4.19. The van der Waals surface area contributed by atoms with Gasteiger partial charge in [0.25, 0.3) is 0 Å². The molecule has 0 bridgehead atoms. The van der Waals surface area contributed by atoms with Crippen molar-refractivity contribution in [2.75, 3.05) is 20.3 Å². The summed E-state index contributed by atoms with van der Waals surface area (Å²) in [6.07, 6.45) is 6.13. The molecule has 0 fully saturated rings. The second-order valence-corrected chi connectivity index (χ2v) is 4.82. The molecule has 0 saturated heterocycles. The Labute approximate surface area is 131 Å². The first kappa shape index (κ1) is 18.0. The van der Waals surface area contributed by atoms with Crippen molar-refractivity contribution in [1.29, 1.82) is 0 Å². The summed E-state index contributed by atoms with van der Waals surface area (Å²) in [5, 5.41) is 9.54. The van der Waals surface area contributed by atoms with Gasteiger partial charge in [-0.3, -0.25) is 0 Å². The van der Waals surface area contributed by atoms with Gasteiger partial charge in [0.05, 0.1) is 20.3 Å². The summed E-state index contributed by atoms with van der Waals surface area (Å²) in [7, 11) is 1.48. The van der Waals surface area contributed by atoms with Gasteiger partial charge >= 0.3 is 0 Å². The summed E-state index contributed by atoms with van der Waals surface area (Å²) in [4.78, 5) is 13.5. The molecule has 0 spiro atoms. The van der Waals surface area contributed by atoms with E-state index in [1.165, 1.54) is 26.0 Å². The van der Waals surface area contributed by atoms with Crippen molar-refractivity contribution in [1.82, 2.24) is 0 Å². The van der Waals surface area contributed by atoms with E-state index >= 15 is 0 Å². The Bertz CT molecular complexity index is 520. The van der Waals surface area contributed by atoms with Crippen LogP contribution in [0.15, 0.2) is 23.9 Å². The Morgan fingerprint density at radius 3 is 2.77 bits per heavy atom. The maximum Gasteiger partial charge on any atom is 0.194 e. The summed E-state index contributed by atoms with van der Waals surface area (Å²) in [5.74, 6) is 0.432. The lowest BCUT2D eigenvalue weighted by atomic mass is 10.1. The Morgan fingerprint density at radius 1 is 1.27 bits per heavy atom. The number of methoxy groups -OCH3 is 1. The molecule has 1 rings (SSSR count). The third kappa shape index (κ3) is 6.61. The van der Waals surface area contributed by atoms with Crippen LogP contribution in [0.25, 0.3) is 10.9 Å². The van der Waals surface area contributed by atoms with E-state index in [0.29, 0.717) is 18.1 Å². The molecule has 1 N–H and O–H groups in total. The Hall–Kier alpha value is -2.03. The molecule has 0 unspecified atom stereocenters. The van der Waals surface area contributed by atoms with Crippen LogP contribution < -0.4 is 4.74 Å². The molecule has 5 heteroatoms. The van der Waals surface area contributed by atoms with Crippen molar-refractivity contribution >= 4 is 6.08 Å². The van der Waals surface area contributed by atoms with Gasteiger partial charge in [-0.05, 0) is 24.1 Å². The molecule has 0 radical (unpaired) electrons. The van der Waals surface area contributed by atoms with Crippen LogP contribution in [-0.2, 0) is 9.78 Å². The van der Waals surface area contributed by atoms with E-state index in [-0.39, 0.29) is 12.4 Å². The van der Waals surface area contributed by atoms with E-state index < -0.39 is 0 Å². The first-order valence-corrected chi connectivity index (χ1v) is 7.40. The molecule has 1 aromatic carbocycles. The minimum absolute atomic E-state index is 0.0654. The third-order valence-corrected chi connectivity index (χ3v) is 3.05. The second kappa shape index (κ2) is 10.7. The summed E-state index contributed by atoms with van der Waals surface area (Å²) in [6, 6.07) is 4.89. The number of hydrogen-bond donors (Lipinski definition) is 1. The second-order valence-electron chi connectivity index (χ2n) is 4.82. The van der Waals surface area contributed by atoms with E-state index in [1.54, 1.807) is 18.2 Å². The Morgan fingerprint density at radius 2 is 2.09 bits per heavy atom. The zero-order valence-electron chi connectivity index (χ0n) is 13.2. The number of unbranched alkanes of at least 4 members (excludes halogenated alkanes) is 3. The molecule has 0 aliphatic heterocycles. The van der Waals surface area contributed by atoms with Crippen molar-refractivity contribution < 1.29 is 19.6 Å². The van der Waals surface area contributed by atoms with Crippen LogP contribution in [0.3, 0.4) is 0 Å². The smallest absolute Gasteiger partial charge is 0.194 e. The van der Waals surface area contributed by atoms with E-state index in [4.69, 9.17) is 21.1 Å². The number of phenols is 1. The van der Waals surface area contributed by atoms with Crippen LogP contribution in [0.2, 0.25) is 0 Å². The highest BCUT2D eigenvalue weighted by Crippen LogP contribution is 2.27. The monoisotopic (exact) mass is 305 g/mol. The van der Waals surface area contributed by atoms with Crippen LogP contribution in [0.5, 0.6) is 11.5 Å². The van der Waals surface area contributed by atoms with Gasteiger partial charge in [0.2, 0.25) is 0 Å². The van der Waals surface area contributed by atoms with Crippen molar-refractivity contribution in [3.8, 4) is 11.5 Å². The van der Waals surface area contributed by atoms with Gasteiger partial charge < -0.3 is 9.84 Å². The minimum atomic E-state index is 0.0654. The number of hydrogen-bond acceptors (Lipinski definition) is 4. The standard InChI is InChI=1S/C17H23NO4/c1-4-5-6-7-10-21-22-13-15(18-2)11-14-8-9-16(19)17(12-14)20-3/h8-9,11-12,19H,4-7,10,13H2,1,3H3. The van der Waals surface area contributed by atoms with Crippen molar-refractivity contribution in [3.63, 3.8) is 0 Å². The molecule has 0 aromatic heterocycles. The summed E-state index contributed by atoms with van der Waals surface area (Å²) in [6.45, 7) is 9.95. The molecular formula is C17H23NO4. The molecule has 120 valence electrons. The quantitative estimate of drug-likeness (QED) is 0.305. The van der Waals surface area contributed by atoms with Crippen LogP contribution in [0.1, 0.15) is 38.2 Å². The van der Waals surface area contributed by atoms with Crippen molar-refractivity contribution in [3.05, 3.63) is 40.9 Å². The van der Waals surface area contributed by atoms with Crippen LogP contribution in [0.4, 0.5) is 0 Å². The average Bonchev–Trinajstić information content (AvgIpc) is 2.54. The molecule has 0 amide bonds. The normalized spacial score (nSPS) is 11.2. The lowest BCUT2D eigenvalue weighted by Crippen LogP contribution is -1.99. The van der Waals surface area contributed by atoms with Crippen LogP contribution in [0, 0.1) is 6.57 Å². The highest BCUT2D eigenvalue weighted by Gasteiger charge is 2.03. The van der Waals surface area contributed by atoms with Gasteiger partial charge in [0.1, 0.15) is 6.61 Å². The lowest BCUT2D eigenvalue weighted by molar-refractivity contribution is -0.287. The summed E-state index contributed by atoms with van der Waals surface area (Å²) >= 11 is 0. The largest absolute Gasteiger partial charge is 0.504 e. The van der Waals surface area contributed by atoms with Crippen molar-refractivity contribution in [2.24, 2.45) is 0 Å². The first-order chi connectivity index (χ1) is 10.7. The molecule has 0 aliphatic carbocycles. The zero-order chi connectivity index (χ0) is 16.2. The topological polar surface area (TPSA) is 52.3 Å². The van der Waals surface area contributed by atoms with Crippen LogP contribution >= 0.6 is 0 Å². The first-order valence-electron chi connectivity index (χ1n) is 7.40.